The van der Waals surface area contributed by atoms with Crippen LogP contribution < -0.4 is 0 Å². The highest BCUT2D eigenvalue weighted by atomic mass is 79.9. The van der Waals surface area contributed by atoms with Gasteiger partial charge in [-0.3, -0.25) is 0 Å². The van der Waals surface area contributed by atoms with Crippen LogP contribution in [0.25, 0.3) is 0 Å². The highest BCUT2D eigenvalue weighted by Gasteiger charge is 2.04. The van der Waals surface area contributed by atoms with E-state index in [1.807, 2.05) is 0 Å². The second kappa shape index (κ2) is 6.30. The Morgan fingerprint density at radius 1 is 1.53 bits per heavy atom. The Morgan fingerprint density at radius 2 is 2.27 bits per heavy atom. The molecule has 0 amide bonds. The number of hydrogen-bond acceptors (Lipinski definition) is 3. The zero-order chi connectivity index (χ0) is 11.3. The molecule has 0 saturated carbocycles. The Kier molecular flexibility index (Phi) is 5.35. The fraction of sp³-hybridized carbons (Fsp3) is 0.500. The summed E-state index contributed by atoms with van der Waals surface area (Å²) in [4.78, 5) is 7.88. The van der Waals surface area contributed by atoms with Gasteiger partial charge in [0.1, 0.15) is 17.6 Å². The number of alkyl halides is 2. The molecule has 0 aliphatic carbocycles. The van der Waals surface area contributed by atoms with Gasteiger partial charge in [-0.15, -0.1) is 0 Å². The van der Waals surface area contributed by atoms with Crippen molar-refractivity contribution in [2.24, 2.45) is 0 Å². The van der Waals surface area contributed by atoms with E-state index in [0.717, 1.165) is 0 Å². The van der Waals surface area contributed by atoms with Crippen molar-refractivity contribution < 1.29 is 13.5 Å². The number of aromatic nitrogens is 2. The van der Waals surface area contributed by atoms with Crippen LogP contribution in [0.2, 0.25) is 5.15 Å². The van der Waals surface area contributed by atoms with Crippen LogP contribution in [-0.2, 0) is 11.2 Å². The summed E-state index contributed by atoms with van der Waals surface area (Å²) < 4.78 is 28.7. The van der Waals surface area contributed by atoms with Gasteiger partial charge in [-0.2, -0.15) is 0 Å². The molecule has 0 radical (unpaired) electrons. The Hall–Kier alpha value is -0.330. The number of hydrogen-bond donors (Lipinski definition) is 0. The molecular weight excluding hydrogens is 293 g/mol. The van der Waals surface area contributed by atoms with E-state index in [-0.39, 0.29) is 6.61 Å². The molecule has 0 atom stereocenters. The smallest absolute Gasteiger partial charge is 0.261 e. The maximum atomic E-state index is 11.7. The van der Waals surface area contributed by atoms with Crippen LogP contribution >= 0.6 is 27.5 Å². The third-order valence-corrected chi connectivity index (χ3v) is 2.56. The van der Waals surface area contributed by atoms with Crippen LogP contribution in [0.1, 0.15) is 5.82 Å². The first-order valence-corrected chi connectivity index (χ1v) is 5.29. The Morgan fingerprint density at radius 3 is 2.87 bits per heavy atom. The SMILES string of the molecule is FC(F)COCCc1ncc(Br)c(Cl)n1. The molecule has 0 spiro atoms. The van der Waals surface area contributed by atoms with Gasteiger partial charge >= 0.3 is 0 Å². The summed E-state index contributed by atoms with van der Waals surface area (Å²) in [6, 6.07) is 0. The van der Waals surface area contributed by atoms with E-state index in [1.165, 1.54) is 6.20 Å². The summed E-state index contributed by atoms with van der Waals surface area (Å²) in [6.45, 7) is -0.410. The van der Waals surface area contributed by atoms with E-state index in [2.05, 4.69) is 30.6 Å². The van der Waals surface area contributed by atoms with Gasteiger partial charge in [0, 0.05) is 12.6 Å². The molecule has 0 saturated heterocycles. The number of halogens is 4. The first kappa shape index (κ1) is 12.7. The summed E-state index contributed by atoms with van der Waals surface area (Å²) in [5.74, 6) is 0.470. The number of rotatable bonds is 5. The Bertz CT molecular complexity index is 328. The summed E-state index contributed by atoms with van der Waals surface area (Å²) in [5, 5.41) is 0.300. The van der Waals surface area contributed by atoms with E-state index < -0.39 is 13.0 Å². The lowest BCUT2D eigenvalue weighted by Gasteiger charge is -2.03. The van der Waals surface area contributed by atoms with Crippen LogP contribution in [0.3, 0.4) is 0 Å². The van der Waals surface area contributed by atoms with E-state index in [0.29, 0.717) is 21.9 Å². The predicted octanol–water partition coefficient (Wildman–Crippen LogP) is 2.72. The van der Waals surface area contributed by atoms with Crippen molar-refractivity contribution in [3.8, 4) is 0 Å². The van der Waals surface area contributed by atoms with Gasteiger partial charge in [-0.1, -0.05) is 11.6 Å². The molecule has 3 nitrogen and oxygen atoms in total. The largest absolute Gasteiger partial charge is 0.375 e. The molecular formula is C8H8BrClF2N2O. The van der Waals surface area contributed by atoms with Crippen LogP contribution in [0.5, 0.6) is 0 Å². The van der Waals surface area contributed by atoms with Crippen molar-refractivity contribution in [2.45, 2.75) is 12.8 Å². The average Bonchev–Trinajstić information content (AvgIpc) is 2.18. The highest BCUT2D eigenvalue weighted by Crippen LogP contribution is 2.18. The van der Waals surface area contributed by atoms with Crippen molar-refractivity contribution in [3.63, 3.8) is 0 Å². The van der Waals surface area contributed by atoms with Gasteiger partial charge < -0.3 is 4.74 Å². The van der Waals surface area contributed by atoms with Crippen molar-refractivity contribution in [1.82, 2.24) is 9.97 Å². The summed E-state index contributed by atoms with van der Waals surface area (Å²) >= 11 is 8.86. The lowest BCUT2D eigenvalue weighted by Crippen LogP contribution is -2.08. The third kappa shape index (κ3) is 4.81. The summed E-state index contributed by atoms with van der Waals surface area (Å²) in [6.07, 6.45) is -0.572. The molecule has 0 aliphatic rings. The zero-order valence-electron chi connectivity index (χ0n) is 7.59. The minimum absolute atomic E-state index is 0.155. The Labute approximate surface area is 98.9 Å². The zero-order valence-corrected chi connectivity index (χ0v) is 9.93. The maximum absolute atomic E-state index is 11.7. The molecule has 1 rings (SSSR count). The third-order valence-electron chi connectivity index (χ3n) is 1.47. The normalized spacial score (nSPS) is 11.0. The number of ether oxygens (including phenoxy) is 1. The average molecular weight is 302 g/mol. The van der Waals surface area contributed by atoms with E-state index >= 15 is 0 Å². The van der Waals surface area contributed by atoms with Crippen molar-refractivity contribution >= 4 is 27.5 Å². The van der Waals surface area contributed by atoms with Crippen LogP contribution in [-0.4, -0.2) is 29.6 Å². The fourth-order valence-electron chi connectivity index (χ4n) is 0.836. The second-order valence-corrected chi connectivity index (χ2v) is 3.85. The molecule has 0 unspecified atom stereocenters. The molecule has 1 aromatic rings. The highest BCUT2D eigenvalue weighted by molar-refractivity contribution is 9.10. The minimum atomic E-state index is -2.44. The first-order valence-electron chi connectivity index (χ1n) is 4.12. The minimum Gasteiger partial charge on any atom is -0.375 e. The van der Waals surface area contributed by atoms with E-state index in [9.17, 15) is 8.78 Å². The number of nitrogens with zero attached hydrogens (tertiary/aromatic N) is 2. The van der Waals surface area contributed by atoms with Crippen molar-refractivity contribution in [1.29, 1.82) is 0 Å². The summed E-state index contributed by atoms with van der Waals surface area (Å²) in [5.41, 5.74) is 0. The van der Waals surface area contributed by atoms with Gasteiger partial charge in [-0.25, -0.2) is 18.7 Å². The molecule has 7 heteroatoms. The standard InChI is InChI=1S/C8H8BrClF2N2O/c9-5-3-13-7(14-8(5)10)1-2-15-4-6(11)12/h3,6H,1-2,4H2. The summed E-state index contributed by atoms with van der Waals surface area (Å²) in [7, 11) is 0. The lowest BCUT2D eigenvalue weighted by atomic mass is 10.4. The predicted molar refractivity (Wildman–Crippen MR) is 55.3 cm³/mol. The fourth-order valence-corrected chi connectivity index (χ4v) is 1.17. The van der Waals surface area contributed by atoms with Crippen LogP contribution in [0, 0.1) is 0 Å². The topological polar surface area (TPSA) is 35.0 Å². The monoisotopic (exact) mass is 300 g/mol. The quantitative estimate of drug-likeness (QED) is 0.619. The molecule has 84 valence electrons. The molecule has 0 bridgehead atoms. The Balaban J connectivity index is 2.35. The van der Waals surface area contributed by atoms with Crippen LogP contribution in [0.15, 0.2) is 10.7 Å². The second-order valence-electron chi connectivity index (χ2n) is 2.64. The molecule has 15 heavy (non-hydrogen) atoms. The van der Waals surface area contributed by atoms with E-state index in [4.69, 9.17) is 11.6 Å². The maximum Gasteiger partial charge on any atom is 0.261 e. The van der Waals surface area contributed by atoms with Gasteiger partial charge in [-0.05, 0) is 15.9 Å². The molecule has 0 N–H and O–H groups in total. The van der Waals surface area contributed by atoms with Crippen molar-refractivity contribution in [2.75, 3.05) is 13.2 Å². The van der Waals surface area contributed by atoms with Crippen molar-refractivity contribution in [3.05, 3.63) is 21.6 Å². The van der Waals surface area contributed by atoms with Gasteiger partial charge in [0.25, 0.3) is 6.43 Å². The van der Waals surface area contributed by atoms with Crippen LogP contribution in [0.4, 0.5) is 8.78 Å². The molecule has 1 aromatic heterocycles. The molecule has 0 aliphatic heterocycles. The van der Waals surface area contributed by atoms with Gasteiger partial charge in [0.05, 0.1) is 11.1 Å². The molecule has 0 aromatic carbocycles. The first-order chi connectivity index (χ1) is 7.09. The molecule has 1 heterocycles. The molecule has 0 fully saturated rings. The lowest BCUT2D eigenvalue weighted by molar-refractivity contribution is 0.0183. The van der Waals surface area contributed by atoms with E-state index in [1.54, 1.807) is 0 Å². The van der Waals surface area contributed by atoms with Gasteiger partial charge in [0.15, 0.2) is 0 Å². The van der Waals surface area contributed by atoms with Gasteiger partial charge in [0.2, 0.25) is 0 Å².